The molecule has 2 N–H and O–H groups in total. The Morgan fingerprint density at radius 2 is 1.82 bits per heavy atom. The number of hydrogen-bond donors (Lipinski definition) is 2. The fourth-order valence-corrected chi connectivity index (χ4v) is 2.86. The number of para-hydroxylation sites is 1. The number of benzene rings is 2. The smallest absolute Gasteiger partial charge is 0.270 e. The molecule has 0 fully saturated rings. The molecule has 0 atom stereocenters. The van der Waals surface area contributed by atoms with Gasteiger partial charge in [-0.15, -0.1) is 0 Å². The van der Waals surface area contributed by atoms with E-state index in [2.05, 4.69) is 21.7 Å². The maximum absolute atomic E-state index is 12.3. The summed E-state index contributed by atoms with van der Waals surface area (Å²) >= 11 is 0. The van der Waals surface area contributed by atoms with Crippen LogP contribution < -0.4 is 15.4 Å². The van der Waals surface area contributed by atoms with Crippen LogP contribution in [0.3, 0.4) is 0 Å². The molecule has 5 heteroatoms. The van der Waals surface area contributed by atoms with Crippen LogP contribution >= 0.6 is 0 Å². The number of nitrogens with zero attached hydrogens (tertiary/aromatic N) is 1. The minimum atomic E-state index is -0.179. The molecular formula is C23H25N3O2. The Balaban J connectivity index is 1.48. The molecule has 1 aromatic heterocycles. The molecule has 144 valence electrons. The number of aryl methyl sites for hydroxylation is 1. The number of pyridine rings is 1. The van der Waals surface area contributed by atoms with E-state index in [-0.39, 0.29) is 5.91 Å². The van der Waals surface area contributed by atoms with Gasteiger partial charge in [-0.1, -0.05) is 48.0 Å². The van der Waals surface area contributed by atoms with Crippen LogP contribution in [0.2, 0.25) is 0 Å². The van der Waals surface area contributed by atoms with Gasteiger partial charge in [0, 0.05) is 13.1 Å². The van der Waals surface area contributed by atoms with E-state index in [1.165, 1.54) is 5.56 Å². The number of nitrogens with one attached hydrogen (secondary N) is 2. The highest BCUT2D eigenvalue weighted by Gasteiger charge is 2.07. The number of carbonyl (C=O) groups is 1. The molecule has 0 aliphatic rings. The molecule has 28 heavy (non-hydrogen) atoms. The molecule has 0 radical (unpaired) electrons. The minimum absolute atomic E-state index is 0.179. The van der Waals surface area contributed by atoms with Gasteiger partial charge in [0.25, 0.3) is 5.91 Å². The summed E-state index contributed by atoms with van der Waals surface area (Å²) in [7, 11) is 1.68. The second-order valence-electron chi connectivity index (χ2n) is 6.59. The van der Waals surface area contributed by atoms with Crippen LogP contribution in [0, 0.1) is 6.92 Å². The third-order valence-corrected chi connectivity index (χ3v) is 4.49. The van der Waals surface area contributed by atoms with Crippen molar-refractivity contribution in [1.82, 2.24) is 10.3 Å². The monoisotopic (exact) mass is 375 g/mol. The molecule has 1 amide bonds. The zero-order valence-corrected chi connectivity index (χ0v) is 16.2. The van der Waals surface area contributed by atoms with E-state index < -0.39 is 0 Å². The zero-order valence-electron chi connectivity index (χ0n) is 16.2. The summed E-state index contributed by atoms with van der Waals surface area (Å²) in [6.07, 6.45) is 2.52. The summed E-state index contributed by atoms with van der Waals surface area (Å²) in [5.74, 6) is 0.712. The van der Waals surface area contributed by atoms with Crippen LogP contribution in [-0.2, 0) is 13.0 Å². The first-order valence-electron chi connectivity index (χ1n) is 9.31. The van der Waals surface area contributed by atoms with E-state index in [1.807, 2.05) is 55.5 Å². The standard InChI is InChI=1S/C23H25N3O2/c1-17-7-9-18(10-8-17)15-26-23(27)21-12-11-20(16-25-21)24-14-13-19-5-3-4-6-22(19)28-2/h3-12,16,24H,13-15H2,1-2H3,(H,26,27). The van der Waals surface area contributed by atoms with Crippen molar-refractivity contribution in [3.05, 3.63) is 89.2 Å². The summed E-state index contributed by atoms with van der Waals surface area (Å²) in [4.78, 5) is 16.5. The van der Waals surface area contributed by atoms with Crippen LogP contribution in [0.15, 0.2) is 66.9 Å². The predicted octanol–water partition coefficient (Wildman–Crippen LogP) is 3.98. The topological polar surface area (TPSA) is 63.2 Å². The molecule has 0 saturated carbocycles. The quantitative estimate of drug-likeness (QED) is 0.625. The lowest BCUT2D eigenvalue weighted by Crippen LogP contribution is -2.23. The van der Waals surface area contributed by atoms with Crippen LogP contribution in [-0.4, -0.2) is 24.5 Å². The first-order valence-corrected chi connectivity index (χ1v) is 9.31. The zero-order chi connectivity index (χ0) is 19.8. The van der Waals surface area contributed by atoms with Gasteiger partial charge in [0.2, 0.25) is 0 Å². The molecule has 0 spiro atoms. The number of anilines is 1. The van der Waals surface area contributed by atoms with Crippen LogP contribution in [0.1, 0.15) is 27.2 Å². The van der Waals surface area contributed by atoms with Crippen molar-refractivity contribution in [3.8, 4) is 5.75 Å². The number of carbonyl (C=O) groups excluding carboxylic acids is 1. The van der Waals surface area contributed by atoms with Gasteiger partial charge in [-0.3, -0.25) is 4.79 Å². The lowest BCUT2D eigenvalue weighted by atomic mass is 10.1. The van der Waals surface area contributed by atoms with Crippen molar-refractivity contribution in [3.63, 3.8) is 0 Å². The normalized spacial score (nSPS) is 10.4. The van der Waals surface area contributed by atoms with Gasteiger partial charge in [-0.05, 0) is 42.7 Å². The number of rotatable bonds is 8. The van der Waals surface area contributed by atoms with Crippen molar-refractivity contribution in [2.75, 3.05) is 19.0 Å². The highest BCUT2D eigenvalue weighted by atomic mass is 16.5. The summed E-state index contributed by atoms with van der Waals surface area (Å²) in [5.41, 5.74) is 4.70. The Labute approximate surface area is 165 Å². The van der Waals surface area contributed by atoms with Gasteiger partial charge in [-0.2, -0.15) is 0 Å². The molecule has 2 aromatic carbocycles. The summed E-state index contributed by atoms with van der Waals surface area (Å²) in [6.45, 7) is 3.28. The lowest BCUT2D eigenvalue weighted by Gasteiger charge is -2.10. The van der Waals surface area contributed by atoms with Gasteiger partial charge in [0.1, 0.15) is 11.4 Å². The summed E-state index contributed by atoms with van der Waals surface area (Å²) in [5, 5.41) is 6.22. The Hall–Kier alpha value is -3.34. The van der Waals surface area contributed by atoms with Gasteiger partial charge >= 0.3 is 0 Å². The van der Waals surface area contributed by atoms with Crippen molar-refractivity contribution in [1.29, 1.82) is 0 Å². The molecule has 0 aliphatic carbocycles. The third-order valence-electron chi connectivity index (χ3n) is 4.49. The molecule has 1 heterocycles. The van der Waals surface area contributed by atoms with Crippen LogP contribution in [0.4, 0.5) is 5.69 Å². The number of methoxy groups -OCH3 is 1. The Morgan fingerprint density at radius 3 is 2.54 bits per heavy atom. The number of hydrogen-bond acceptors (Lipinski definition) is 4. The lowest BCUT2D eigenvalue weighted by molar-refractivity contribution is 0.0946. The van der Waals surface area contributed by atoms with Gasteiger partial charge in [0.15, 0.2) is 0 Å². The number of aromatic nitrogens is 1. The van der Waals surface area contributed by atoms with E-state index in [1.54, 1.807) is 19.4 Å². The first-order chi connectivity index (χ1) is 13.7. The maximum Gasteiger partial charge on any atom is 0.270 e. The molecular weight excluding hydrogens is 350 g/mol. The fourth-order valence-electron chi connectivity index (χ4n) is 2.86. The molecule has 3 rings (SSSR count). The van der Waals surface area contributed by atoms with E-state index in [0.717, 1.165) is 35.5 Å². The molecule has 0 aliphatic heterocycles. The SMILES string of the molecule is COc1ccccc1CCNc1ccc(C(=O)NCc2ccc(C)cc2)nc1. The van der Waals surface area contributed by atoms with Crippen molar-refractivity contribution in [2.45, 2.75) is 19.9 Å². The van der Waals surface area contributed by atoms with E-state index in [0.29, 0.717) is 12.2 Å². The average Bonchev–Trinajstić information content (AvgIpc) is 2.74. The average molecular weight is 375 g/mol. The fraction of sp³-hybridized carbons (Fsp3) is 0.217. The van der Waals surface area contributed by atoms with Crippen LogP contribution in [0.5, 0.6) is 5.75 Å². The second-order valence-corrected chi connectivity index (χ2v) is 6.59. The number of amides is 1. The molecule has 0 unspecified atom stereocenters. The Bertz CT molecular complexity index is 906. The number of ether oxygens (including phenoxy) is 1. The first kappa shape index (κ1) is 19.4. The third kappa shape index (κ3) is 5.33. The predicted molar refractivity (Wildman–Crippen MR) is 112 cm³/mol. The highest BCUT2D eigenvalue weighted by Crippen LogP contribution is 2.18. The maximum atomic E-state index is 12.3. The Morgan fingerprint density at radius 1 is 1.04 bits per heavy atom. The molecule has 0 bridgehead atoms. The summed E-state index contributed by atoms with van der Waals surface area (Å²) < 4.78 is 5.37. The summed E-state index contributed by atoms with van der Waals surface area (Å²) in [6, 6.07) is 19.7. The Kier molecular flexibility index (Phi) is 6.63. The van der Waals surface area contributed by atoms with E-state index in [4.69, 9.17) is 4.74 Å². The van der Waals surface area contributed by atoms with Gasteiger partial charge in [0.05, 0.1) is 19.0 Å². The minimum Gasteiger partial charge on any atom is -0.496 e. The van der Waals surface area contributed by atoms with Gasteiger partial charge in [-0.25, -0.2) is 4.98 Å². The van der Waals surface area contributed by atoms with Crippen molar-refractivity contribution in [2.24, 2.45) is 0 Å². The highest BCUT2D eigenvalue weighted by molar-refractivity contribution is 5.92. The molecule has 5 nitrogen and oxygen atoms in total. The van der Waals surface area contributed by atoms with Crippen molar-refractivity contribution >= 4 is 11.6 Å². The second kappa shape index (κ2) is 9.55. The molecule has 3 aromatic rings. The van der Waals surface area contributed by atoms with E-state index >= 15 is 0 Å². The van der Waals surface area contributed by atoms with Crippen molar-refractivity contribution < 1.29 is 9.53 Å². The van der Waals surface area contributed by atoms with E-state index in [9.17, 15) is 4.79 Å². The van der Waals surface area contributed by atoms with Gasteiger partial charge < -0.3 is 15.4 Å². The van der Waals surface area contributed by atoms with Crippen LogP contribution in [0.25, 0.3) is 0 Å². The molecule has 0 saturated heterocycles. The largest absolute Gasteiger partial charge is 0.496 e.